The van der Waals surface area contributed by atoms with Gasteiger partial charge in [-0.15, -0.1) is 0 Å². The van der Waals surface area contributed by atoms with Crippen LogP contribution in [0.2, 0.25) is 5.02 Å². The molecule has 0 saturated carbocycles. The minimum Gasteiger partial charge on any atom is -0.489 e. The molecule has 1 aliphatic rings. The fourth-order valence-electron chi connectivity index (χ4n) is 3.53. The molecule has 1 aliphatic heterocycles. The van der Waals surface area contributed by atoms with Gasteiger partial charge >= 0.3 is 12.1 Å². The Morgan fingerprint density at radius 1 is 1.22 bits per heavy atom. The number of rotatable bonds is 8. The summed E-state index contributed by atoms with van der Waals surface area (Å²) in [6.07, 6.45) is -4.64. The van der Waals surface area contributed by atoms with Gasteiger partial charge in [-0.3, -0.25) is 4.79 Å². The lowest BCUT2D eigenvalue weighted by Crippen LogP contribution is -2.18. The lowest BCUT2D eigenvalue weighted by atomic mass is 9.92. The molecule has 0 aromatic heterocycles. The molecule has 8 heteroatoms. The number of carbonyl (C=O) groups is 1. The van der Waals surface area contributed by atoms with Gasteiger partial charge in [-0.1, -0.05) is 42.4 Å². The first-order valence-corrected chi connectivity index (χ1v) is 10.3. The Hall–Kier alpha value is -2.77. The van der Waals surface area contributed by atoms with E-state index in [-0.39, 0.29) is 37.4 Å². The minimum absolute atomic E-state index is 0.0323. The van der Waals surface area contributed by atoms with E-state index >= 15 is 0 Å². The summed E-state index contributed by atoms with van der Waals surface area (Å²) in [6.45, 7) is 4.97. The highest BCUT2D eigenvalue weighted by Gasteiger charge is 2.34. The van der Waals surface area contributed by atoms with Crippen molar-refractivity contribution in [2.45, 2.75) is 25.4 Å². The number of halogens is 4. The van der Waals surface area contributed by atoms with Crippen LogP contribution in [-0.4, -0.2) is 30.9 Å². The molecule has 0 fully saturated rings. The predicted molar refractivity (Wildman–Crippen MR) is 116 cm³/mol. The van der Waals surface area contributed by atoms with Crippen molar-refractivity contribution in [1.82, 2.24) is 0 Å². The molecule has 2 aromatic rings. The van der Waals surface area contributed by atoms with E-state index in [0.29, 0.717) is 18.1 Å². The fraction of sp³-hybridized carbons (Fsp3) is 0.292. The van der Waals surface area contributed by atoms with Crippen LogP contribution in [0.3, 0.4) is 0 Å². The van der Waals surface area contributed by atoms with Gasteiger partial charge < -0.3 is 14.6 Å². The Balaban J connectivity index is 1.83. The summed E-state index contributed by atoms with van der Waals surface area (Å²) in [5.74, 6) is -1.12. The van der Waals surface area contributed by atoms with Gasteiger partial charge in [0.25, 0.3) is 0 Å². The molecular weight excluding hydrogens is 445 g/mol. The Kier molecular flexibility index (Phi) is 7.64. The van der Waals surface area contributed by atoms with Crippen LogP contribution in [-0.2, 0) is 22.1 Å². The van der Waals surface area contributed by atoms with Crippen molar-refractivity contribution in [3.8, 4) is 5.75 Å². The molecule has 1 N–H and O–H groups in total. The van der Waals surface area contributed by atoms with E-state index in [1.165, 1.54) is 12.1 Å². The molecule has 0 bridgehead atoms. The predicted octanol–water partition coefficient (Wildman–Crippen LogP) is 6.19. The van der Waals surface area contributed by atoms with Crippen LogP contribution >= 0.6 is 11.6 Å². The van der Waals surface area contributed by atoms with Crippen molar-refractivity contribution in [1.29, 1.82) is 0 Å². The van der Waals surface area contributed by atoms with Crippen LogP contribution in [0.15, 0.2) is 60.2 Å². The second-order valence-corrected chi connectivity index (χ2v) is 7.75. The molecule has 0 atom stereocenters. The van der Waals surface area contributed by atoms with E-state index in [2.05, 4.69) is 6.58 Å². The zero-order chi connectivity index (χ0) is 23.3. The summed E-state index contributed by atoms with van der Waals surface area (Å²) in [5, 5.41) is 9.34. The number of aliphatic carboxylic acids is 1. The molecule has 0 saturated heterocycles. The van der Waals surface area contributed by atoms with Gasteiger partial charge in [0.1, 0.15) is 12.4 Å². The summed E-state index contributed by atoms with van der Waals surface area (Å²) in [4.78, 5) is 10.7. The Morgan fingerprint density at radius 2 is 1.97 bits per heavy atom. The normalized spacial score (nSPS) is 14.4. The fourth-order valence-corrected chi connectivity index (χ4v) is 3.78. The number of hydrogen-bond donors (Lipinski definition) is 1. The molecule has 0 spiro atoms. The topological polar surface area (TPSA) is 55.8 Å². The third kappa shape index (κ3) is 5.93. The van der Waals surface area contributed by atoms with E-state index in [1.54, 1.807) is 6.07 Å². The highest BCUT2D eigenvalue weighted by atomic mass is 35.5. The summed E-state index contributed by atoms with van der Waals surface area (Å²) in [6, 6.07) is 10.9. The van der Waals surface area contributed by atoms with E-state index in [1.807, 2.05) is 18.2 Å². The number of aryl methyl sites for hydroxylation is 1. The van der Waals surface area contributed by atoms with E-state index in [0.717, 1.165) is 28.3 Å². The van der Waals surface area contributed by atoms with Gasteiger partial charge in [0.05, 0.1) is 18.8 Å². The molecule has 0 aliphatic carbocycles. The highest BCUT2D eigenvalue weighted by Crippen LogP contribution is 2.36. The quantitative estimate of drug-likeness (QED) is 0.504. The van der Waals surface area contributed by atoms with Crippen LogP contribution in [0.1, 0.15) is 29.5 Å². The summed E-state index contributed by atoms with van der Waals surface area (Å²) in [5.41, 5.74) is 2.23. The first-order chi connectivity index (χ1) is 15.2. The zero-order valence-corrected chi connectivity index (χ0v) is 17.9. The first-order valence-electron chi connectivity index (χ1n) is 9.94. The smallest absolute Gasteiger partial charge is 0.416 e. The summed E-state index contributed by atoms with van der Waals surface area (Å²) in [7, 11) is 0. The number of allylic oxidation sites excluding steroid dienone is 1. The van der Waals surface area contributed by atoms with Crippen LogP contribution in [0.4, 0.5) is 13.2 Å². The van der Waals surface area contributed by atoms with Gasteiger partial charge in [0, 0.05) is 11.4 Å². The number of carboxylic acid groups (broad SMARTS) is 1. The van der Waals surface area contributed by atoms with Crippen LogP contribution < -0.4 is 4.74 Å². The van der Waals surface area contributed by atoms with E-state index in [4.69, 9.17) is 26.2 Å². The largest absolute Gasteiger partial charge is 0.489 e. The average molecular weight is 467 g/mol. The van der Waals surface area contributed by atoms with Crippen molar-refractivity contribution >= 4 is 23.1 Å². The molecule has 170 valence electrons. The lowest BCUT2D eigenvalue weighted by molar-refractivity contribution is -0.140. The molecule has 4 nitrogen and oxygen atoms in total. The number of alkyl halides is 3. The van der Waals surface area contributed by atoms with Gasteiger partial charge in [-0.2, -0.15) is 13.2 Å². The molecule has 0 unspecified atom stereocenters. The number of hydrogen-bond acceptors (Lipinski definition) is 3. The maximum atomic E-state index is 13.5. The van der Waals surface area contributed by atoms with E-state index < -0.39 is 17.7 Å². The van der Waals surface area contributed by atoms with Gasteiger partial charge in [0.15, 0.2) is 0 Å². The van der Waals surface area contributed by atoms with Gasteiger partial charge in [0.2, 0.25) is 0 Å². The van der Waals surface area contributed by atoms with Gasteiger partial charge in [-0.05, 0) is 58.9 Å². The van der Waals surface area contributed by atoms with Crippen LogP contribution in [0.25, 0.3) is 5.57 Å². The maximum Gasteiger partial charge on any atom is 0.416 e. The zero-order valence-electron chi connectivity index (χ0n) is 17.2. The maximum absolute atomic E-state index is 13.5. The molecule has 0 radical (unpaired) electrons. The Labute approximate surface area is 188 Å². The molecule has 2 aromatic carbocycles. The second-order valence-electron chi connectivity index (χ2n) is 7.34. The third-order valence-corrected chi connectivity index (χ3v) is 5.50. The summed E-state index contributed by atoms with van der Waals surface area (Å²) < 4.78 is 51.7. The average Bonchev–Trinajstić information content (AvgIpc) is 2.76. The molecular formula is C24H22ClF3O4. The Bertz CT molecular complexity index is 1040. The molecule has 3 rings (SSSR count). The van der Waals surface area contributed by atoms with Crippen molar-refractivity contribution < 1.29 is 32.5 Å². The Morgan fingerprint density at radius 3 is 2.66 bits per heavy atom. The third-order valence-electron chi connectivity index (χ3n) is 5.17. The number of carboxylic acids is 1. The van der Waals surface area contributed by atoms with Crippen LogP contribution in [0, 0.1) is 0 Å². The highest BCUT2D eigenvalue weighted by molar-refractivity contribution is 6.32. The van der Waals surface area contributed by atoms with Gasteiger partial charge in [-0.25, -0.2) is 0 Å². The van der Waals surface area contributed by atoms with Crippen LogP contribution in [0.5, 0.6) is 5.75 Å². The SMILES string of the molecule is C=C(C1=C(COc2ccc(CCC(=O)O)c(C(F)(F)F)c2)COCC1)c1ccccc1Cl. The second kappa shape index (κ2) is 10.2. The molecule has 0 amide bonds. The van der Waals surface area contributed by atoms with Crippen molar-refractivity contribution in [2.75, 3.05) is 19.8 Å². The van der Waals surface area contributed by atoms with Crippen molar-refractivity contribution in [3.63, 3.8) is 0 Å². The number of benzene rings is 2. The van der Waals surface area contributed by atoms with Crippen molar-refractivity contribution in [3.05, 3.63) is 81.9 Å². The number of ether oxygens (including phenoxy) is 2. The molecule has 32 heavy (non-hydrogen) atoms. The summed E-state index contributed by atoms with van der Waals surface area (Å²) >= 11 is 6.29. The monoisotopic (exact) mass is 466 g/mol. The lowest BCUT2D eigenvalue weighted by Gasteiger charge is -2.23. The van der Waals surface area contributed by atoms with Crippen molar-refractivity contribution in [2.24, 2.45) is 0 Å². The van der Waals surface area contributed by atoms with E-state index in [9.17, 15) is 18.0 Å². The minimum atomic E-state index is -4.62. The molecule has 1 heterocycles. The first kappa shape index (κ1) is 23.9. The standard InChI is InChI=1S/C24H22ClF3O4/c1-15(20-4-2-3-5-22(20)25)19-10-11-31-13-17(19)14-32-18-8-6-16(7-9-23(29)30)21(12-18)24(26,27)28/h2-6,8,12H,1,7,9-11,13-14H2,(H,29,30).